The predicted molar refractivity (Wildman–Crippen MR) is 77.0 cm³/mol. The van der Waals surface area contributed by atoms with E-state index in [1.165, 1.54) is 6.07 Å². The number of hydrogen-bond acceptors (Lipinski definition) is 2. The van der Waals surface area contributed by atoms with E-state index in [-0.39, 0.29) is 27.9 Å². The highest BCUT2D eigenvalue weighted by molar-refractivity contribution is 7.86. The molecule has 1 N–H and O–H groups in total. The van der Waals surface area contributed by atoms with E-state index in [0.717, 1.165) is 16.2 Å². The van der Waals surface area contributed by atoms with Crippen molar-refractivity contribution in [2.24, 2.45) is 0 Å². The molecule has 0 spiro atoms. The second-order valence-corrected chi connectivity index (χ2v) is 5.50. The molecule has 3 aromatic rings. The molecule has 0 aliphatic carbocycles. The van der Waals surface area contributed by atoms with Gasteiger partial charge in [-0.2, -0.15) is 8.42 Å². The molecule has 0 aliphatic rings. The van der Waals surface area contributed by atoms with Gasteiger partial charge in [0, 0.05) is 28.4 Å². The van der Waals surface area contributed by atoms with Gasteiger partial charge in [-0.1, -0.05) is 48.5 Å². The van der Waals surface area contributed by atoms with Gasteiger partial charge in [0.1, 0.15) is 4.90 Å². The van der Waals surface area contributed by atoms with Crippen molar-refractivity contribution >= 4 is 54.7 Å². The molecule has 3 rings (SSSR count). The molecule has 0 bridgehead atoms. The first-order valence-electron chi connectivity index (χ1n) is 5.45. The molecule has 0 atom stereocenters. The molecule has 0 saturated heterocycles. The fourth-order valence-electron chi connectivity index (χ4n) is 2.24. The molecule has 0 unspecified atom stereocenters. The van der Waals surface area contributed by atoms with E-state index in [4.69, 9.17) is 0 Å². The zero-order valence-electron chi connectivity index (χ0n) is 10.1. The second-order valence-electron chi connectivity index (χ2n) is 4.11. The third-order valence-corrected chi connectivity index (χ3v) is 3.94. The van der Waals surface area contributed by atoms with Crippen molar-refractivity contribution in [3.05, 3.63) is 54.6 Å². The fraction of sp³-hybridized carbons (Fsp3) is 0. The van der Waals surface area contributed by atoms with E-state index in [1.54, 1.807) is 12.1 Å². The molecule has 5 heteroatoms. The quantitative estimate of drug-likeness (QED) is 0.424. The van der Waals surface area contributed by atoms with Gasteiger partial charge in [0.15, 0.2) is 0 Å². The zero-order chi connectivity index (χ0) is 12.8. The summed E-state index contributed by atoms with van der Waals surface area (Å²) < 4.78 is 31.9. The van der Waals surface area contributed by atoms with Gasteiger partial charge in [0.2, 0.25) is 0 Å². The lowest BCUT2D eigenvalue weighted by Gasteiger charge is -2.06. The Morgan fingerprint density at radius 2 is 1.42 bits per heavy atom. The number of rotatable bonds is 1. The minimum atomic E-state index is -4.20. The van der Waals surface area contributed by atoms with Crippen molar-refractivity contribution in [3.63, 3.8) is 0 Å². The van der Waals surface area contributed by atoms with E-state index < -0.39 is 10.1 Å². The van der Waals surface area contributed by atoms with Crippen LogP contribution in [0.3, 0.4) is 0 Å². The highest BCUT2D eigenvalue weighted by atomic mass is 32.2. The minimum absolute atomic E-state index is 0. The second kappa shape index (κ2) is 5.09. The largest absolute Gasteiger partial charge is 0.295 e. The maximum Gasteiger partial charge on any atom is 0.295 e. The third kappa shape index (κ3) is 2.46. The summed E-state index contributed by atoms with van der Waals surface area (Å²) in [5, 5.41) is 3.37. The van der Waals surface area contributed by atoms with Crippen LogP contribution in [0.2, 0.25) is 0 Å². The summed E-state index contributed by atoms with van der Waals surface area (Å²) in [6.45, 7) is 0. The van der Waals surface area contributed by atoms with Crippen LogP contribution in [0.4, 0.5) is 0 Å². The molecule has 0 aliphatic heterocycles. The molecule has 92 valence electrons. The molecular weight excluding hydrogens is 273 g/mol. The Kier molecular flexibility index (Phi) is 3.82. The molecule has 0 fully saturated rings. The van der Waals surface area contributed by atoms with Crippen LogP contribution in [0.25, 0.3) is 21.5 Å². The van der Waals surface area contributed by atoms with Gasteiger partial charge in [-0.3, -0.25) is 4.55 Å². The van der Waals surface area contributed by atoms with Crippen molar-refractivity contribution in [1.82, 2.24) is 0 Å². The molecule has 2 radical (unpaired) electrons. The highest BCUT2D eigenvalue weighted by Crippen LogP contribution is 2.29. The van der Waals surface area contributed by atoms with Gasteiger partial charge in [-0.05, 0) is 22.2 Å². The van der Waals surface area contributed by atoms with Crippen molar-refractivity contribution in [1.29, 1.82) is 0 Å². The summed E-state index contributed by atoms with van der Waals surface area (Å²) in [5.74, 6) is 0. The first-order chi connectivity index (χ1) is 8.57. The van der Waals surface area contributed by atoms with Gasteiger partial charge in [0.05, 0.1) is 0 Å². The number of hydrogen-bond donors (Lipinski definition) is 1. The summed E-state index contributed by atoms with van der Waals surface area (Å²) >= 11 is 0. The monoisotopic (exact) mass is 282 g/mol. The van der Waals surface area contributed by atoms with E-state index in [2.05, 4.69) is 0 Å². The summed E-state index contributed by atoms with van der Waals surface area (Å²) in [5.41, 5.74) is 0. The van der Waals surface area contributed by atoms with Crippen LogP contribution < -0.4 is 0 Å². The first kappa shape index (κ1) is 14.3. The average molecular weight is 283 g/mol. The number of benzene rings is 3. The van der Waals surface area contributed by atoms with Crippen LogP contribution in [0.5, 0.6) is 0 Å². The molecule has 0 saturated carbocycles. The SMILES string of the molecule is O=S(=O)(O)c1cccc2c1ccc1ccccc12.[Mg]. The van der Waals surface area contributed by atoms with Crippen LogP contribution in [-0.2, 0) is 10.1 Å². The van der Waals surface area contributed by atoms with Gasteiger partial charge < -0.3 is 0 Å². The fourth-order valence-corrected chi connectivity index (χ4v) is 2.94. The van der Waals surface area contributed by atoms with Crippen molar-refractivity contribution < 1.29 is 13.0 Å². The lowest BCUT2D eigenvalue weighted by molar-refractivity contribution is 0.484. The van der Waals surface area contributed by atoms with Gasteiger partial charge >= 0.3 is 0 Å². The van der Waals surface area contributed by atoms with Crippen molar-refractivity contribution in [2.75, 3.05) is 0 Å². The standard InChI is InChI=1S/C14H10O3S.Mg/c15-18(16,17)14-7-3-6-12-11-5-2-1-4-10(11)8-9-13(12)14;/h1-9H,(H,15,16,17);. The minimum Gasteiger partial charge on any atom is -0.282 e. The molecule has 3 nitrogen and oxygen atoms in total. The Morgan fingerprint density at radius 1 is 0.737 bits per heavy atom. The first-order valence-corrected chi connectivity index (χ1v) is 6.89. The highest BCUT2D eigenvalue weighted by Gasteiger charge is 2.14. The normalized spacial score (nSPS) is 11.4. The zero-order valence-corrected chi connectivity index (χ0v) is 12.3. The van der Waals surface area contributed by atoms with Crippen LogP contribution in [0, 0.1) is 0 Å². The topological polar surface area (TPSA) is 54.4 Å². The maximum absolute atomic E-state index is 11.3. The van der Waals surface area contributed by atoms with Gasteiger partial charge in [-0.25, -0.2) is 0 Å². The van der Waals surface area contributed by atoms with Crippen molar-refractivity contribution in [3.8, 4) is 0 Å². The summed E-state index contributed by atoms with van der Waals surface area (Å²) in [7, 11) is -4.20. The Bertz CT molecular complexity index is 857. The molecule has 0 heterocycles. The molecule has 19 heavy (non-hydrogen) atoms. The molecule has 0 amide bonds. The number of fused-ring (bicyclic) bond motifs is 3. The smallest absolute Gasteiger partial charge is 0.282 e. The Morgan fingerprint density at radius 3 is 2.16 bits per heavy atom. The van der Waals surface area contributed by atoms with E-state index in [0.29, 0.717) is 5.39 Å². The summed E-state index contributed by atoms with van der Waals surface area (Å²) in [6.07, 6.45) is 0. The van der Waals surface area contributed by atoms with Crippen LogP contribution in [0.1, 0.15) is 0 Å². The van der Waals surface area contributed by atoms with Gasteiger partial charge in [0.25, 0.3) is 10.1 Å². The average Bonchev–Trinajstić information content (AvgIpc) is 2.36. The Hall–Kier alpha value is -1.14. The predicted octanol–water partition coefficient (Wildman–Crippen LogP) is 2.86. The van der Waals surface area contributed by atoms with E-state index in [1.807, 2.05) is 36.4 Å². The Balaban J connectivity index is 0.00000133. The third-order valence-electron chi connectivity index (χ3n) is 3.02. The molecular formula is C14H10MgO3S. The van der Waals surface area contributed by atoms with Crippen LogP contribution in [0.15, 0.2) is 59.5 Å². The molecule has 3 aromatic carbocycles. The van der Waals surface area contributed by atoms with Crippen LogP contribution in [-0.4, -0.2) is 36.0 Å². The van der Waals surface area contributed by atoms with Crippen molar-refractivity contribution in [2.45, 2.75) is 4.90 Å². The van der Waals surface area contributed by atoms with Gasteiger partial charge in [-0.15, -0.1) is 0 Å². The van der Waals surface area contributed by atoms with E-state index >= 15 is 0 Å². The van der Waals surface area contributed by atoms with Crippen LogP contribution >= 0.6 is 0 Å². The lowest BCUT2D eigenvalue weighted by Crippen LogP contribution is -1.98. The molecule has 0 aromatic heterocycles. The summed E-state index contributed by atoms with van der Waals surface area (Å²) in [6, 6.07) is 16.2. The lowest BCUT2D eigenvalue weighted by atomic mass is 10.0. The maximum atomic E-state index is 11.3. The van der Waals surface area contributed by atoms with E-state index in [9.17, 15) is 13.0 Å². The summed E-state index contributed by atoms with van der Waals surface area (Å²) in [4.78, 5) is -0.0502. The Labute approximate surface area is 127 Å².